The van der Waals surface area contributed by atoms with E-state index in [-0.39, 0.29) is 15.7 Å². The van der Waals surface area contributed by atoms with Crippen LogP contribution in [0.4, 0.5) is 13.2 Å². The molecule has 2 rings (SSSR count). The molecular weight excluding hydrogens is 401 g/mol. The van der Waals surface area contributed by atoms with Crippen molar-refractivity contribution in [2.45, 2.75) is 36.4 Å². The number of aromatic nitrogens is 2. The van der Waals surface area contributed by atoms with Gasteiger partial charge in [-0.05, 0) is 23.6 Å². The van der Waals surface area contributed by atoms with Gasteiger partial charge in [-0.3, -0.25) is 4.79 Å². The summed E-state index contributed by atoms with van der Waals surface area (Å²) in [7, 11) is -3.38. The van der Waals surface area contributed by atoms with E-state index in [1.807, 2.05) is 13.8 Å². The van der Waals surface area contributed by atoms with Gasteiger partial charge in [-0.15, -0.1) is 11.8 Å². The Balaban J connectivity index is 2.54. The summed E-state index contributed by atoms with van der Waals surface area (Å²) in [5, 5.41) is 3.65. The van der Waals surface area contributed by atoms with E-state index in [2.05, 4.69) is 5.10 Å². The van der Waals surface area contributed by atoms with Crippen LogP contribution in [-0.4, -0.2) is 36.4 Å². The van der Waals surface area contributed by atoms with Gasteiger partial charge in [0.15, 0.2) is 9.84 Å². The van der Waals surface area contributed by atoms with Crippen molar-refractivity contribution in [2.24, 2.45) is 5.92 Å². The fourth-order valence-electron chi connectivity index (χ4n) is 2.23. The van der Waals surface area contributed by atoms with Crippen LogP contribution >= 0.6 is 11.8 Å². The number of hydrogen-bond acceptors (Lipinski definition) is 5. The minimum atomic E-state index is -4.56. The van der Waals surface area contributed by atoms with E-state index >= 15 is 0 Å². The van der Waals surface area contributed by atoms with Crippen LogP contribution < -0.4 is 5.56 Å². The number of sulfone groups is 1. The average molecular weight is 420 g/mol. The Morgan fingerprint density at radius 2 is 1.78 bits per heavy atom. The second-order valence-corrected chi connectivity index (χ2v) is 9.51. The van der Waals surface area contributed by atoms with Gasteiger partial charge in [-0.1, -0.05) is 26.0 Å². The molecule has 5 nitrogen and oxygen atoms in total. The first-order valence-corrected chi connectivity index (χ1v) is 10.9. The molecule has 10 heteroatoms. The molecule has 148 valence electrons. The molecule has 0 N–H and O–H groups in total. The molecule has 2 aromatic rings. The Labute approximate surface area is 159 Å². The molecule has 0 saturated carbocycles. The molecule has 1 aromatic carbocycles. The highest BCUT2D eigenvalue weighted by Crippen LogP contribution is 2.30. The van der Waals surface area contributed by atoms with Gasteiger partial charge >= 0.3 is 6.18 Å². The Bertz CT molecular complexity index is 966. The molecule has 0 saturated heterocycles. The maximum atomic E-state index is 12.7. The summed E-state index contributed by atoms with van der Waals surface area (Å²) in [5.74, 6) is 0.763. The number of hydrogen-bond donors (Lipinski definition) is 0. The van der Waals surface area contributed by atoms with Crippen LogP contribution in [0.3, 0.4) is 0 Å². The third-order valence-corrected chi connectivity index (χ3v) is 6.13. The number of rotatable bonds is 6. The van der Waals surface area contributed by atoms with Gasteiger partial charge in [0.05, 0.1) is 16.0 Å². The van der Waals surface area contributed by atoms with E-state index < -0.39 is 28.1 Å². The molecule has 0 aliphatic rings. The van der Waals surface area contributed by atoms with Crippen LogP contribution in [0.25, 0.3) is 11.1 Å². The third kappa shape index (κ3) is 5.83. The smallest absolute Gasteiger partial charge is 0.266 e. The maximum Gasteiger partial charge on any atom is 0.408 e. The summed E-state index contributed by atoms with van der Waals surface area (Å²) in [5.41, 5.74) is 0.0733. The highest BCUT2D eigenvalue weighted by Gasteiger charge is 2.30. The molecule has 0 aliphatic carbocycles. The van der Waals surface area contributed by atoms with Crippen molar-refractivity contribution in [2.75, 3.05) is 12.0 Å². The lowest BCUT2D eigenvalue weighted by atomic mass is 10.1. The summed E-state index contributed by atoms with van der Waals surface area (Å²) < 4.78 is 61.6. The number of benzene rings is 1. The first-order chi connectivity index (χ1) is 12.4. The van der Waals surface area contributed by atoms with Gasteiger partial charge in [-0.2, -0.15) is 18.3 Å². The number of thioether (sulfide) groups is 1. The Hall–Kier alpha value is -1.81. The third-order valence-electron chi connectivity index (χ3n) is 3.48. The second kappa shape index (κ2) is 8.05. The normalized spacial score (nSPS) is 12.6. The molecule has 27 heavy (non-hydrogen) atoms. The van der Waals surface area contributed by atoms with Crippen molar-refractivity contribution in [3.63, 3.8) is 0 Å². The predicted molar refractivity (Wildman–Crippen MR) is 98.7 cm³/mol. The molecule has 1 aromatic heterocycles. The van der Waals surface area contributed by atoms with Crippen LogP contribution in [0.2, 0.25) is 0 Å². The lowest BCUT2D eigenvalue weighted by molar-refractivity contribution is -0.143. The van der Waals surface area contributed by atoms with E-state index in [9.17, 15) is 26.4 Å². The summed E-state index contributed by atoms with van der Waals surface area (Å²) in [6, 6.07) is 5.81. The summed E-state index contributed by atoms with van der Waals surface area (Å²) >= 11 is 1.17. The quantitative estimate of drug-likeness (QED) is 0.668. The van der Waals surface area contributed by atoms with Crippen molar-refractivity contribution in [1.29, 1.82) is 0 Å². The lowest BCUT2D eigenvalue weighted by Crippen LogP contribution is -2.31. The highest BCUT2D eigenvalue weighted by atomic mass is 32.2. The van der Waals surface area contributed by atoms with Crippen LogP contribution in [0, 0.1) is 5.92 Å². The van der Waals surface area contributed by atoms with Crippen molar-refractivity contribution >= 4 is 21.6 Å². The number of alkyl halides is 3. The molecule has 0 unspecified atom stereocenters. The molecule has 0 atom stereocenters. The van der Waals surface area contributed by atoms with E-state index in [1.165, 1.54) is 42.2 Å². The Morgan fingerprint density at radius 3 is 2.26 bits per heavy atom. The topological polar surface area (TPSA) is 69.0 Å². The van der Waals surface area contributed by atoms with Crippen LogP contribution in [0.5, 0.6) is 0 Å². The average Bonchev–Trinajstić information content (AvgIpc) is 2.53. The molecule has 0 bridgehead atoms. The zero-order chi connectivity index (χ0) is 20.4. The Morgan fingerprint density at radius 1 is 1.19 bits per heavy atom. The molecular formula is C17H19F3N2O3S2. The van der Waals surface area contributed by atoms with Crippen molar-refractivity contribution in [3.8, 4) is 11.1 Å². The summed E-state index contributed by atoms with van der Waals surface area (Å²) in [6.07, 6.45) is -2.27. The fourth-order valence-corrected chi connectivity index (χ4v) is 3.92. The number of halogens is 3. The monoisotopic (exact) mass is 420 g/mol. The molecule has 0 spiro atoms. The fraction of sp³-hybridized carbons (Fsp3) is 0.412. The standard InChI is InChI=1S/C17H19F3N2O3S2/c1-11(2)9-26-15-14(8-21-22(16(15)23)10-17(18,19)20)12-4-6-13(7-5-12)27(3,24)25/h4-8,11H,9-10H2,1-3H3. The van der Waals surface area contributed by atoms with E-state index in [1.54, 1.807) is 0 Å². The zero-order valence-corrected chi connectivity index (χ0v) is 16.6. The molecule has 0 fully saturated rings. The highest BCUT2D eigenvalue weighted by molar-refractivity contribution is 7.99. The van der Waals surface area contributed by atoms with Crippen molar-refractivity contribution in [1.82, 2.24) is 9.78 Å². The first-order valence-electron chi connectivity index (χ1n) is 7.98. The second-order valence-electron chi connectivity index (χ2n) is 6.47. The summed E-state index contributed by atoms with van der Waals surface area (Å²) in [6.45, 7) is 2.40. The SMILES string of the molecule is CC(C)CSc1c(-c2ccc(S(C)(=O)=O)cc2)cnn(CC(F)(F)F)c1=O. The minimum Gasteiger partial charge on any atom is -0.266 e. The molecule has 1 heterocycles. The largest absolute Gasteiger partial charge is 0.408 e. The first kappa shape index (κ1) is 21.5. The van der Waals surface area contributed by atoms with E-state index in [4.69, 9.17) is 0 Å². The van der Waals surface area contributed by atoms with Gasteiger partial charge in [0, 0.05) is 17.6 Å². The van der Waals surface area contributed by atoms with Gasteiger partial charge in [-0.25, -0.2) is 13.1 Å². The van der Waals surface area contributed by atoms with Crippen molar-refractivity contribution in [3.05, 3.63) is 40.8 Å². The van der Waals surface area contributed by atoms with E-state index in [0.717, 1.165) is 6.26 Å². The van der Waals surface area contributed by atoms with Gasteiger partial charge in [0.1, 0.15) is 6.54 Å². The molecule has 0 radical (unpaired) electrons. The van der Waals surface area contributed by atoms with Gasteiger partial charge < -0.3 is 0 Å². The molecule has 0 amide bonds. The minimum absolute atomic E-state index is 0.112. The molecule has 0 aliphatic heterocycles. The zero-order valence-electron chi connectivity index (χ0n) is 14.9. The van der Waals surface area contributed by atoms with Crippen LogP contribution in [0.1, 0.15) is 13.8 Å². The lowest BCUT2D eigenvalue weighted by Gasteiger charge is -2.14. The summed E-state index contributed by atoms with van der Waals surface area (Å²) in [4.78, 5) is 12.8. The van der Waals surface area contributed by atoms with Crippen LogP contribution in [-0.2, 0) is 16.4 Å². The predicted octanol–water partition coefficient (Wildman–Crippen LogP) is 3.62. The van der Waals surface area contributed by atoms with Gasteiger partial charge in [0.25, 0.3) is 5.56 Å². The maximum absolute atomic E-state index is 12.7. The van der Waals surface area contributed by atoms with Crippen molar-refractivity contribution < 1.29 is 21.6 Å². The van der Waals surface area contributed by atoms with Gasteiger partial charge in [0.2, 0.25) is 0 Å². The Kier molecular flexibility index (Phi) is 6.41. The van der Waals surface area contributed by atoms with Crippen LogP contribution in [0.15, 0.2) is 45.0 Å². The van der Waals surface area contributed by atoms with E-state index in [0.29, 0.717) is 21.6 Å². The number of nitrogens with zero attached hydrogens (tertiary/aromatic N) is 2.